The fourth-order valence-electron chi connectivity index (χ4n) is 2.11. The number of oxazole rings is 1. The average Bonchev–Trinajstić information content (AvgIpc) is 2.91. The lowest BCUT2D eigenvalue weighted by Crippen LogP contribution is -2.30. The third kappa shape index (κ3) is 4.41. The number of aromatic nitrogens is 1. The monoisotopic (exact) mass is 332 g/mol. The molecule has 0 aliphatic rings. The van der Waals surface area contributed by atoms with Crippen LogP contribution < -0.4 is 20.1 Å². The highest BCUT2D eigenvalue weighted by Crippen LogP contribution is 2.29. The van der Waals surface area contributed by atoms with Crippen LogP contribution in [0.5, 0.6) is 11.5 Å². The van der Waals surface area contributed by atoms with Crippen LogP contribution in [0.2, 0.25) is 0 Å². The van der Waals surface area contributed by atoms with E-state index in [1.54, 1.807) is 14.2 Å². The third-order valence-electron chi connectivity index (χ3n) is 3.44. The van der Waals surface area contributed by atoms with E-state index in [4.69, 9.17) is 13.9 Å². The Morgan fingerprint density at radius 2 is 1.96 bits per heavy atom. The molecule has 7 heteroatoms. The minimum Gasteiger partial charge on any atom is -0.493 e. The van der Waals surface area contributed by atoms with E-state index in [2.05, 4.69) is 20.6 Å². The molecule has 0 unspecified atom stereocenters. The molecule has 0 bridgehead atoms. The topological polar surface area (TPSA) is 80.9 Å². The van der Waals surface area contributed by atoms with Gasteiger partial charge in [-0.3, -0.25) is 0 Å². The first-order valence-electron chi connectivity index (χ1n) is 7.77. The number of benzene rings is 1. The molecule has 0 aliphatic heterocycles. The summed E-state index contributed by atoms with van der Waals surface area (Å²) in [6.07, 6.45) is 0. The molecule has 130 valence electrons. The molecule has 0 aliphatic carbocycles. The minimum absolute atomic E-state index is 0.358. The molecule has 0 fully saturated rings. The highest BCUT2D eigenvalue weighted by Gasteiger charge is 2.08. The SMILES string of the molecule is CCNC(=NCc1nc(C)c(C)o1)Nc1ccc(OC)c(OC)c1. The van der Waals surface area contributed by atoms with Gasteiger partial charge in [-0.2, -0.15) is 0 Å². The summed E-state index contributed by atoms with van der Waals surface area (Å²) >= 11 is 0. The zero-order valence-electron chi connectivity index (χ0n) is 14.8. The van der Waals surface area contributed by atoms with Crippen LogP contribution in [0.3, 0.4) is 0 Å². The summed E-state index contributed by atoms with van der Waals surface area (Å²) in [6, 6.07) is 5.59. The average molecular weight is 332 g/mol. The quantitative estimate of drug-likeness (QED) is 0.625. The van der Waals surface area contributed by atoms with Gasteiger partial charge in [0.25, 0.3) is 0 Å². The Bertz CT molecular complexity index is 690. The summed E-state index contributed by atoms with van der Waals surface area (Å²) in [4.78, 5) is 8.83. The molecule has 0 saturated heterocycles. The van der Waals surface area contributed by atoms with E-state index in [-0.39, 0.29) is 0 Å². The summed E-state index contributed by atoms with van der Waals surface area (Å²) in [6.45, 7) is 6.91. The van der Waals surface area contributed by atoms with Crippen molar-refractivity contribution in [3.63, 3.8) is 0 Å². The highest BCUT2D eigenvalue weighted by atomic mass is 16.5. The van der Waals surface area contributed by atoms with Gasteiger partial charge in [0.1, 0.15) is 12.3 Å². The van der Waals surface area contributed by atoms with Crippen LogP contribution in [-0.2, 0) is 6.54 Å². The smallest absolute Gasteiger partial charge is 0.216 e. The number of rotatable bonds is 6. The third-order valence-corrected chi connectivity index (χ3v) is 3.44. The van der Waals surface area contributed by atoms with Crippen LogP contribution in [0.25, 0.3) is 0 Å². The fraction of sp³-hybridized carbons (Fsp3) is 0.412. The number of guanidine groups is 1. The standard InChI is InChI=1S/C17H24N4O3/c1-6-18-17(19-10-16-20-11(2)12(3)24-16)21-13-7-8-14(22-4)15(9-13)23-5/h7-9H,6,10H2,1-5H3,(H2,18,19,21). The molecular formula is C17H24N4O3. The van der Waals surface area contributed by atoms with Crippen molar-refractivity contribution < 1.29 is 13.9 Å². The number of nitrogens with one attached hydrogen (secondary N) is 2. The van der Waals surface area contributed by atoms with E-state index in [0.29, 0.717) is 29.9 Å². The molecule has 7 nitrogen and oxygen atoms in total. The number of aryl methyl sites for hydroxylation is 2. The van der Waals surface area contributed by atoms with Gasteiger partial charge in [-0.05, 0) is 32.9 Å². The van der Waals surface area contributed by atoms with Crippen LogP contribution in [0.15, 0.2) is 27.6 Å². The molecule has 0 amide bonds. The predicted molar refractivity (Wildman–Crippen MR) is 94.0 cm³/mol. The molecule has 1 aromatic heterocycles. The Hall–Kier alpha value is -2.70. The second kappa shape index (κ2) is 8.24. The molecule has 0 saturated carbocycles. The van der Waals surface area contributed by atoms with E-state index in [0.717, 1.165) is 23.7 Å². The van der Waals surface area contributed by atoms with Gasteiger partial charge in [0.15, 0.2) is 17.5 Å². The van der Waals surface area contributed by atoms with Crippen molar-refractivity contribution in [1.82, 2.24) is 10.3 Å². The van der Waals surface area contributed by atoms with Crippen LogP contribution in [0, 0.1) is 13.8 Å². The van der Waals surface area contributed by atoms with Gasteiger partial charge in [-0.15, -0.1) is 0 Å². The first-order chi connectivity index (χ1) is 11.6. The van der Waals surface area contributed by atoms with Gasteiger partial charge in [0.2, 0.25) is 5.89 Å². The molecule has 2 aromatic rings. The maximum Gasteiger partial charge on any atom is 0.216 e. The lowest BCUT2D eigenvalue weighted by molar-refractivity contribution is 0.355. The lowest BCUT2D eigenvalue weighted by atomic mass is 10.3. The zero-order valence-corrected chi connectivity index (χ0v) is 14.8. The number of aliphatic imine (C=N–C) groups is 1. The van der Waals surface area contributed by atoms with Crippen molar-refractivity contribution in [1.29, 1.82) is 0 Å². The maximum atomic E-state index is 5.55. The van der Waals surface area contributed by atoms with Crippen molar-refractivity contribution in [2.24, 2.45) is 4.99 Å². The number of ether oxygens (including phenoxy) is 2. The Morgan fingerprint density at radius 3 is 2.54 bits per heavy atom. The Morgan fingerprint density at radius 1 is 1.21 bits per heavy atom. The van der Waals surface area contributed by atoms with Crippen LogP contribution in [-0.4, -0.2) is 31.7 Å². The van der Waals surface area contributed by atoms with Crippen LogP contribution in [0.1, 0.15) is 24.3 Å². The van der Waals surface area contributed by atoms with Crippen LogP contribution in [0.4, 0.5) is 5.69 Å². The summed E-state index contributed by atoms with van der Waals surface area (Å²) in [5, 5.41) is 6.42. The second-order valence-corrected chi connectivity index (χ2v) is 5.14. The molecule has 0 atom stereocenters. The number of anilines is 1. The van der Waals surface area contributed by atoms with E-state index < -0.39 is 0 Å². The van der Waals surface area contributed by atoms with Gasteiger partial charge in [0.05, 0.1) is 19.9 Å². The van der Waals surface area contributed by atoms with E-state index in [9.17, 15) is 0 Å². The molecular weight excluding hydrogens is 308 g/mol. The predicted octanol–water partition coefficient (Wildman–Crippen LogP) is 2.89. The van der Waals surface area contributed by atoms with Gasteiger partial charge >= 0.3 is 0 Å². The Kier molecular flexibility index (Phi) is 6.06. The molecule has 24 heavy (non-hydrogen) atoms. The number of hydrogen-bond acceptors (Lipinski definition) is 5. The number of hydrogen-bond donors (Lipinski definition) is 2. The fourth-order valence-corrected chi connectivity index (χ4v) is 2.11. The van der Waals surface area contributed by atoms with E-state index in [1.807, 2.05) is 39.0 Å². The number of methoxy groups -OCH3 is 2. The van der Waals surface area contributed by atoms with Crippen LogP contribution >= 0.6 is 0 Å². The minimum atomic E-state index is 0.358. The first kappa shape index (κ1) is 17.7. The molecule has 0 radical (unpaired) electrons. The highest BCUT2D eigenvalue weighted by molar-refractivity contribution is 5.93. The summed E-state index contributed by atoms with van der Waals surface area (Å²) < 4.78 is 16.1. The Labute approximate surface area is 142 Å². The lowest BCUT2D eigenvalue weighted by Gasteiger charge is -2.13. The van der Waals surface area contributed by atoms with E-state index in [1.165, 1.54) is 0 Å². The molecule has 1 aromatic carbocycles. The number of nitrogens with zero attached hydrogens (tertiary/aromatic N) is 2. The maximum absolute atomic E-state index is 5.55. The van der Waals surface area contributed by atoms with Crippen molar-refractivity contribution in [2.75, 3.05) is 26.1 Å². The second-order valence-electron chi connectivity index (χ2n) is 5.14. The summed E-state index contributed by atoms with van der Waals surface area (Å²) in [5.41, 5.74) is 1.73. The van der Waals surface area contributed by atoms with Crippen molar-refractivity contribution >= 4 is 11.6 Å². The van der Waals surface area contributed by atoms with E-state index >= 15 is 0 Å². The van der Waals surface area contributed by atoms with Crippen molar-refractivity contribution in [2.45, 2.75) is 27.3 Å². The summed E-state index contributed by atoms with van der Waals surface area (Å²) in [7, 11) is 3.21. The summed E-state index contributed by atoms with van der Waals surface area (Å²) in [5.74, 6) is 3.37. The normalized spacial score (nSPS) is 11.3. The van der Waals surface area contributed by atoms with Crippen molar-refractivity contribution in [3.8, 4) is 11.5 Å². The van der Waals surface area contributed by atoms with Gasteiger partial charge in [-0.1, -0.05) is 0 Å². The van der Waals surface area contributed by atoms with Gasteiger partial charge < -0.3 is 24.5 Å². The first-order valence-corrected chi connectivity index (χ1v) is 7.77. The molecule has 2 rings (SSSR count). The molecule has 0 spiro atoms. The van der Waals surface area contributed by atoms with Gasteiger partial charge in [0, 0.05) is 18.3 Å². The van der Waals surface area contributed by atoms with Gasteiger partial charge in [-0.25, -0.2) is 9.98 Å². The van der Waals surface area contributed by atoms with Crippen molar-refractivity contribution in [3.05, 3.63) is 35.5 Å². The Balaban J connectivity index is 2.14. The zero-order chi connectivity index (χ0) is 17.5. The molecule has 1 heterocycles. The molecule has 2 N–H and O–H groups in total. The largest absolute Gasteiger partial charge is 0.493 e.